The van der Waals surface area contributed by atoms with Crippen LogP contribution in [-0.2, 0) is 0 Å². The van der Waals surface area contributed by atoms with Crippen LogP contribution in [0.1, 0.15) is 18.5 Å². The summed E-state index contributed by atoms with van der Waals surface area (Å²) in [5.41, 5.74) is 1.33. The van der Waals surface area contributed by atoms with E-state index >= 15 is 0 Å². The number of rotatable bonds is 1. The van der Waals surface area contributed by atoms with Gasteiger partial charge in [0.15, 0.2) is 0 Å². The molecule has 0 radical (unpaired) electrons. The summed E-state index contributed by atoms with van der Waals surface area (Å²) in [6.45, 7) is 4.40. The van der Waals surface area contributed by atoms with Gasteiger partial charge in [-0.05, 0) is 31.7 Å². The summed E-state index contributed by atoms with van der Waals surface area (Å²) in [6, 6.07) is 9.11. The van der Waals surface area contributed by atoms with Gasteiger partial charge in [0.1, 0.15) is 0 Å². The standard InChI is InChI=1S/C12H17ClN2/c1-9-12(15(2)8-7-14-9)10-3-5-11(13)6-4-10/h3-6,9,12,14H,7-8H2,1-2H3. The minimum absolute atomic E-state index is 0.455. The van der Waals surface area contributed by atoms with Crippen LogP contribution >= 0.6 is 11.6 Å². The van der Waals surface area contributed by atoms with E-state index in [0.29, 0.717) is 12.1 Å². The molecule has 82 valence electrons. The molecule has 1 aromatic rings. The maximum atomic E-state index is 5.89. The Morgan fingerprint density at radius 2 is 2.00 bits per heavy atom. The molecular formula is C12H17ClN2. The van der Waals surface area contributed by atoms with Crippen molar-refractivity contribution in [2.24, 2.45) is 0 Å². The maximum absolute atomic E-state index is 5.89. The van der Waals surface area contributed by atoms with Crippen molar-refractivity contribution in [2.75, 3.05) is 20.1 Å². The Kier molecular flexibility index (Phi) is 3.29. The summed E-state index contributed by atoms with van der Waals surface area (Å²) in [5, 5.41) is 4.30. The number of likely N-dealkylation sites (N-methyl/N-ethyl adjacent to an activating group) is 1. The van der Waals surface area contributed by atoms with Gasteiger partial charge < -0.3 is 5.32 Å². The molecule has 0 spiro atoms. The average molecular weight is 225 g/mol. The Morgan fingerprint density at radius 3 is 2.60 bits per heavy atom. The predicted molar refractivity (Wildman–Crippen MR) is 64.3 cm³/mol. The molecule has 2 nitrogen and oxygen atoms in total. The second-order valence-corrected chi connectivity index (χ2v) is 4.66. The van der Waals surface area contributed by atoms with Gasteiger partial charge in [-0.15, -0.1) is 0 Å². The maximum Gasteiger partial charge on any atom is 0.0496 e. The molecule has 2 rings (SSSR count). The van der Waals surface area contributed by atoms with Gasteiger partial charge >= 0.3 is 0 Å². The van der Waals surface area contributed by atoms with Gasteiger partial charge in [-0.2, -0.15) is 0 Å². The smallest absolute Gasteiger partial charge is 0.0496 e. The van der Waals surface area contributed by atoms with Crippen LogP contribution in [0.5, 0.6) is 0 Å². The van der Waals surface area contributed by atoms with E-state index in [0.717, 1.165) is 18.1 Å². The number of hydrogen-bond donors (Lipinski definition) is 1. The highest BCUT2D eigenvalue weighted by atomic mass is 35.5. The zero-order valence-corrected chi connectivity index (χ0v) is 9.96. The third kappa shape index (κ3) is 2.33. The zero-order chi connectivity index (χ0) is 10.8. The molecule has 1 aromatic carbocycles. The molecule has 0 bridgehead atoms. The fourth-order valence-electron chi connectivity index (χ4n) is 2.30. The Bertz CT molecular complexity index is 313. The molecule has 0 aliphatic carbocycles. The van der Waals surface area contributed by atoms with Crippen LogP contribution in [0.2, 0.25) is 5.02 Å². The van der Waals surface area contributed by atoms with Crippen molar-refractivity contribution in [1.82, 2.24) is 10.2 Å². The van der Waals surface area contributed by atoms with Gasteiger partial charge in [0.25, 0.3) is 0 Å². The summed E-state index contributed by atoms with van der Waals surface area (Å²) in [7, 11) is 2.18. The third-order valence-corrected chi connectivity index (χ3v) is 3.34. The van der Waals surface area contributed by atoms with Crippen LogP contribution in [0.3, 0.4) is 0 Å². The molecule has 0 amide bonds. The Labute approximate surface area is 96.2 Å². The lowest BCUT2D eigenvalue weighted by molar-refractivity contribution is 0.159. The van der Waals surface area contributed by atoms with E-state index in [1.807, 2.05) is 12.1 Å². The quantitative estimate of drug-likeness (QED) is 0.788. The summed E-state index contributed by atoms with van der Waals surface area (Å²) in [5.74, 6) is 0. The second-order valence-electron chi connectivity index (χ2n) is 4.22. The van der Waals surface area contributed by atoms with E-state index < -0.39 is 0 Å². The predicted octanol–water partition coefficient (Wildman–Crippen LogP) is 2.30. The molecule has 1 fully saturated rings. The number of halogens is 1. The lowest BCUT2D eigenvalue weighted by Gasteiger charge is -2.38. The first-order chi connectivity index (χ1) is 7.18. The average Bonchev–Trinajstić information content (AvgIpc) is 2.20. The van der Waals surface area contributed by atoms with Gasteiger partial charge in [0.2, 0.25) is 0 Å². The van der Waals surface area contributed by atoms with Crippen LogP contribution in [0.25, 0.3) is 0 Å². The van der Waals surface area contributed by atoms with Crippen molar-refractivity contribution in [3.05, 3.63) is 34.9 Å². The summed E-state index contributed by atoms with van der Waals surface area (Å²) < 4.78 is 0. The zero-order valence-electron chi connectivity index (χ0n) is 9.20. The minimum atomic E-state index is 0.455. The molecule has 1 aliphatic heterocycles. The van der Waals surface area contributed by atoms with Crippen molar-refractivity contribution < 1.29 is 0 Å². The lowest BCUT2D eigenvalue weighted by Crippen LogP contribution is -2.49. The molecule has 2 unspecified atom stereocenters. The SMILES string of the molecule is CC1NCCN(C)C1c1ccc(Cl)cc1. The molecule has 1 N–H and O–H groups in total. The first kappa shape index (κ1) is 10.9. The van der Waals surface area contributed by atoms with E-state index in [9.17, 15) is 0 Å². The number of piperazine rings is 1. The van der Waals surface area contributed by atoms with E-state index in [-0.39, 0.29) is 0 Å². The van der Waals surface area contributed by atoms with Gasteiger partial charge in [-0.25, -0.2) is 0 Å². The number of benzene rings is 1. The van der Waals surface area contributed by atoms with Gasteiger partial charge in [0, 0.05) is 30.2 Å². The van der Waals surface area contributed by atoms with Crippen molar-refractivity contribution in [2.45, 2.75) is 19.0 Å². The van der Waals surface area contributed by atoms with E-state index in [1.54, 1.807) is 0 Å². The highest BCUT2D eigenvalue weighted by molar-refractivity contribution is 6.30. The first-order valence-electron chi connectivity index (χ1n) is 5.37. The normalized spacial score (nSPS) is 27.9. The molecule has 0 saturated carbocycles. The van der Waals surface area contributed by atoms with Crippen LogP contribution in [0.15, 0.2) is 24.3 Å². The third-order valence-electron chi connectivity index (χ3n) is 3.09. The number of nitrogens with one attached hydrogen (secondary N) is 1. The van der Waals surface area contributed by atoms with Gasteiger partial charge in [0.05, 0.1) is 0 Å². The Balaban J connectivity index is 2.23. The van der Waals surface area contributed by atoms with Crippen LogP contribution < -0.4 is 5.32 Å². The van der Waals surface area contributed by atoms with E-state index in [4.69, 9.17) is 11.6 Å². The molecular weight excluding hydrogens is 208 g/mol. The molecule has 15 heavy (non-hydrogen) atoms. The Hall–Kier alpha value is -0.570. The monoisotopic (exact) mass is 224 g/mol. The number of nitrogens with zero attached hydrogens (tertiary/aromatic N) is 1. The Morgan fingerprint density at radius 1 is 1.33 bits per heavy atom. The molecule has 1 aliphatic rings. The van der Waals surface area contributed by atoms with Crippen LogP contribution in [-0.4, -0.2) is 31.1 Å². The summed E-state index contributed by atoms with van der Waals surface area (Å²) >= 11 is 5.89. The summed E-state index contributed by atoms with van der Waals surface area (Å²) in [6.07, 6.45) is 0. The first-order valence-corrected chi connectivity index (χ1v) is 5.75. The van der Waals surface area contributed by atoms with Crippen LogP contribution in [0.4, 0.5) is 0 Å². The van der Waals surface area contributed by atoms with Gasteiger partial charge in [-0.3, -0.25) is 4.90 Å². The molecule has 2 atom stereocenters. The van der Waals surface area contributed by atoms with Crippen molar-refractivity contribution in [3.63, 3.8) is 0 Å². The number of hydrogen-bond acceptors (Lipinski definition) is 2. The molecule has 1 heterocycles. The lowest BCUT2D eigenvalue weighted by atomic mass is 9.97. The highest BCUT2D eigenvalue weighted by Crippen LogP contribution is 2.26. The molecule has 1 saturated heterocycles. The second kappa shape index (κ2) is 4.52. The molecule has 0 aromatic heterocycles. The molecule has 3 heteroatoms. The largest absolute Gasteiger partial charge is 0.311 e. The fourth-order valence-corrected chi connectivity index (χ4v) is 2.43. The topological polar surface area (TPSA) is 15.3 Å². The van der Waals surface area contributed by atoms with Gasteiger partial charge in [-0.1, -0.05) is 23.7 Å². The minimum Gasteiger partial charge on any atom is -0.311 e. The van der Waals surface area contributed by atoms with Crippen molar-refractivity contribution >= 4 is 11.6 Å². The fraction of sp³-hybridized carbons (Fsp3) is 0.500. The summed E-state index contributed by atoms with van der Waals surface area (Å²) in [4.78, 5) is 2.39. The van der Waals surface area contributed by atoms with E-state index in [2.05, 4.69) is 36.3 Å². The van der Waals surface area contributed by atoms with Crippen LogP contribution in [0, 0.1) is 0 Å². The highest BCUT2D eigenvalue weighted by Gasteiger charge is 2.26. The van der Waals surface area contributed by atoms with Crippen molar-refractivity contribution in [1.29, 1.82) is 0 Å². The van der Waals surface area contributed by atoms with Crippen molar-refractivity contribution in [3.8, 4) is 0 Å². The van der Waals surface area contributed by atoms with E-state index in [1.165, 1.54) is 5.56 Å².